The maximum Gasteiger partial charge on any atom is 0.335 e. The van der Waals surface area contributed by atoms with Gasteiger partial charge >= 0.3 is 5.97 Å². The van der Waals surface area contributed by atoms with E-state index in [0.717, 1.165) is 5.56 Å². The first-order valence-corrected chi connectivity index (χ1v) is 4.28. The molecule has 4 heteroatoms. The third-order valence-corrected chi connectivity index (χ3v) is 2.10. The summed E-state index contributed by atoms with van der Waals surface area (Å²) < 4.78 is 0. The molecule has 0 fully saturated rings. The highest BCUT2D eigenvalue weighted by atomic mass is 16.4. The summed E-state index contributed by atoms with van der Waals surface area (Å²) >= 11 is 0. The zero-order valence-electron chi connectivity index (χ0n) is 7.40. The molecule has 1 heterocycles. The van der Waals surface area contributed by atoms with E-state index < -0.39 is 5.97 Å². The highest BCUT2D eigenvalue weighted by molar-refractivity contribution is 5.87. The van der Waals surface area contributed by atoms with Gasteiger partial charge in [-0.05, 0) is 17.7 Å². The Balaban J connectivity index is 2.17. The molecule has 0 radical (unpaired) electrons. The standard InChI is InChI=1S/C10H10N2O2/c13-10(14)8-3-1-7(2-4-8)9-11-5-6-12-9/h1-6,9,11-12H,(H,13,14). The number of hydrogen-bond donors (Lipinski definition) is 3. The summed E-state index contributed by atoms with van der Waals surface area (Å²) in [7, 11) is 0. The quantitative estimate of drug-likeness (QED) is 0.652. The SMILES string of the molecule is O=C(O)c1ccc(C2NC=CN2)cc1. The molecular formula is C10H10N2O2. The van der Waals surface area contributed by atoms with Crippen molar-refractivity contribution in [2.24, 2.45) is 0 Å². The molecule has 0 saturated carbocycles. The van der Waals surface area contributed by atoms with Gasteiger partial charge in [-0.2, -0.15) is 0 Å². The molecule has 0 aliphatic carbocycles. The van der Waals surface area contributed by atoms with Gasteiger partial charge in [0.1, 0.15) is 6.17 Å². The molecule has 0 atom stereocenters. The number of carbonyl (C=O) groups is 1. The first-order chi connectivity index (χ1) is 6.77. The Bertz CT molecular complexity index is 362. The minimum atomic E-state index is -0.901. The lowest BCUT2D eigenvalue weighted by molar-refractivity contribution is 0.0697. The van der Waals surface area contributed by atoms with Gasteiger partial charge in [-0.15, -0.1) is 0 Å². The van der Waals surface area contributed by atoms with Gasteiger partial charge in [0, 0.05) is 12.4 Å². The molecule has 1 aliphatic rings. The van der Waals surface area contributed by atoms with Crippen LogP contribution in [0.1, 0.15) is 22.1 Å². The molecule has 14 heavy (non-hydrogen) atoms. The molecule has 0 bridgehead atoms. The van der Waals surface area contributed by atoms with Gasteiger partial charge in [0.15, 0.2) is 0 Å². The monoisotopic (exact) mass is 190 g/mol. The summed E-state index contributed by atoms with van der Waals surface area (Å²) in [4.78, 5) is 10.6. The molecule has 2 rings (SSSR count). The number of carboxylic acids is 1. The molecule has 72 valence electrons. The highest BCUT2D eigenvalue weighted by Crippen LogP contribution is 2.13. The molecule has 0 amide bonds. The average Bonchev–Trinajstić information content (AvgIpc) is 2.71. The summed E-state index contributed by atoms with van der Waals surface area (Å²) in [5.74, 6) is -0.901. The van der Waals surface area contributed by atoms with Crippen molar-refractivity contribution in [1.82, 2.24) is 10.6 Å². The van der Waals surface area contributed by atoms with Crippen molar-refractivity contribution in [1.29, 1.82) is 0 Å². The summed E-state index contributed by atoms with van der Waals surface area (Å²) in [6.07, 6.45) is 3.68. The van der Waals surface area contributed by atoms with E-state index in [4.69, 9.17) is 5.11 Å². The predicted octanol–water partition coefficient (Wildman–Crippen LogP) is 1.05. The lowest BCUT2D eigenvalue weighted by atomic mass is 10.1. The lowest BCUT2D eigenvalue weighted by Gasteiger charge is -2.12. The normalized spacial score (nSPS) is 14.9. The van der Waals surface area contributed by atoms with Crippen molar-refractivity contribution in [3.05, 3.63) is 47.8 Å². The third kappa shape index (κ3) is 1.54. The minimum Gasteiger partial charge on any atom is -0.478 e. The fraction of sp³-hybridized carbons (Fsp3) is 0.100. The van der Waals surface area contributed by atoms with Crippen molar-refractivity contribution in [2.75, 3.05) is 0 Å². The van der Waals surface area contributed by atoms with Gasteiger partial charge in [0.2, 0.25) is 0 Å². The van der Waals surface area contributed by atoms with Crippen LogP contribution >= 0.6 is 0 Å². The van der Waals surface area contributed by atoms with Crippen molar-refractivity contribution < 1.29 is 9.90 Å². The first kappa shape index (κ1) is 8.62. The Morgan fingerprint density at radius 2 is 1.71 bits per heavy atom. The van der Waals surface area contributed by atoms with Gasteiger partial charge in [-0.25, -0.2) is 4.79 Å². The predicted molar refractivity (Wildman–Crippen MR) is 51.6 cm³/mol. The number of nitrogens with one attached hydrogen (secondary N) is 2. The van der Waals surface area contributed by atoms with Gasteiger partial charge < -0.3 is 15.7 Å². The van der Waals surface area contributed by atoms with Crippen LogP contribution in [0.3, 0.4) is 0 Å². The van der Waals surface area contributed by atoms with Crippen LogP contribution < -0.4 is 10.6 Å². The highest BCUT2D eigenvalue weighted by Gasteiger charge is 2.11. The Morgan fingerprint density at radius 3 is 2.21 bits per heavy atom. The van der Waals surface area contributed by atoms with E-state index in [1.807, 2.05) is 12.4 Å². The van der Waals surface area contributed by atoms with Gasteiger partial charge in [-0.3, -0.25) is 0 Å². The largest absolute Gasteiger partial charge is 0.478 e. The van der Waals surface area contributed by atoms with E-state index in [1.54, 1.807) is 24.3 Å². The summed E-state index contributed by atoms with van der Waals surface area (Å²) in [5.41, 5.74) is 1.32. The van der Waals surface area contributed by atoms with Crippen LogP contribution in [0.15, 0.2) is 36.7 Å². The minimum absolute atomic E-state index is 0.0536. The second-order valence-corrected chi connectivity index (χ2v) is 3.03. The van der Waals surface area contributed by atoms with Gasteiger partial charge in [0.05, 0.1) is 5.56 Å². The van der Waals surface area contributed by atoms with E-state index in [9.17, 15) is 4.79 Å². The molecular weight excluding hydrogens is 180 g/mol. The second kappa shape index (κ2) is 3.41. The van der Waals surface area contributed by atoms with E-state index in [0.29, 0.717) is 5.56 Å². The van der Waals surface area contributed by atoms with Gasteiger partial charge in [0.25, 0.3) is 0 Å². The maximum absolute atomic E-state index is 10.6. The smallest absolute Gasteiger partial charge is 0.335 e. The number of carboxylic acid groups (broad SMARTS) is 1. The molecule has 0 unspecified atom stereocenters. The van der Waals surface area contributed by atoms with Crippen molar-refractivity contribution in [2.45, 2.75) is 6.17 Å². The molecule has 0 aromatic heterocycles. The molecule has 0 spiro atoms. The number of aromatic carboxylic acids is 1. The van der Waals surface area contributed by atoms with E-state index in [2.05, 4.69) is 10.6 Å². The number of benzene rings is 1. The van der Waals surface area contributed by atoms with Crippen molar-refractivity contribution in [3.8, 4) is 0 Å². The molecule has 0 saturated heterocycles. The van der Waals surface area contributed by atoms with Crippen LogP contribution in [-0.4, -0.2) is 11.1 Å². The van der Waals surface area contributed by atoms with E-state index >= 15 is 0 Å². The van der Waals surface area contributed by atoms with Crippen LogP contribution in [0, 0.1) is 0 Å². The second-order valence-electron chi connectivity index (χ2n) is 3.03. The molecule has 1 aromatic rings. The van der Waals surface area contributed by atoms with Crippen LogP contribution in [-0.2, 0) is 0 Å². The topological polar surface area (TPSA) is 61.4 Å². The number of hydrogen-bond acceptors (Lipinski definition) is 3. The first-order valence-electron chi connectivity index (χ1n) is 4.28. The molecule has 1 aromatic carbocycles. The van der Waals surface area contributed by atoms with Crippen LogP contribution in [0.25, 0.3) is 0 Å². The van der Waals surface area contributed by atoms with Crippen LogP contribution in [0.4, 0.5) is 0 Å². The summed E-state index contributed by atoms with van der Waals surface area (Å²) in [6.45, 7) is 0. The summed E-state index contributed by atoms with van der Waals surface area (Å²) in [5, 5.41) is 14.9. The zero-order chi connectivity index (χ0) is 9.97. The molecule has 4 nitrogen and oxygen atoms in total. The molecule has 3 N–H and O–H groups in total. The van der Waals surface area contributed by atoms with Crippen LogP contribution in [0.5, 0.6) is 0 Å². The van der Waals surface area contributed by atoms with E-state index in [-0.39, 0.29) is 6.17 Å². The third-order valence-electron chi connectivity index (χ3n) is 2.10. The zero-order valence-corrected chi connectivity index (χ0v) is 7.40. The fourth-order valence-electron chi connectivity index (χ4n) is 1.35. The van der Waals surface area contributed by atoms with E-state index in [1.165, 1.54) is 0 Å². The Hall–Kier alpha value is -1.97. The average molecular weight is 190 g/mol. The number of rotatable bonds is 2. The fourth-order valence-corrected chi connectivity index (χ4v) is 1.35. The Kier molecular flexibility index (Phi) is 2.10. The molecule has 1 aliphatic heterocycles. The van der Waals surface area contributed by atoms with Gasteiger partial charge in [-0.1, -0.05) is 12.1 Å². The van der Waals surface area contributed by atoms with Crippen molar-refractivity contribution in [3.63, 3.8) is 0 Å². The Labute approximate surface area is 81.3 Å². The lowest BCUT2D eigenvalue weighted by Crippen LogP contribution is -2.20. The van der Waals surface area contributed by atoms with Crippen LogP contribution in [0.2, 0.25) is 0 Å². The Morgan fingerprint density at radius 1 is 1.14 bits per heavy atom. The van der Waals surface area contributed by atoms with Crippen molar-refractivity contribution >= 4 is 5.97 Å². The maximum atomic E-state index is 10.6. The summed E-state index contributed by atoms with van der Waals surface area (Å²) in [6, 6.07) is 6.78.